The van der Waals surface area contributed by atoms with Gasteiger partial charge in [0.1, 0.15) is 0 Å². The van der Waals surface area contributed by atoms with Crippen LogP contribution in [-0.2, 0) is 0 Å². The molecular formula is C16H14ClN5O. The van der Waals surface area contributed by atoms with Crippen LogP contribution in [0.5, 0.6) is 0 Å². The van der Waals surface area contributed by atoms with Crippen LogP contribution in [0.3, 0.4) is 0 Å². The van der Waals surface area contributed by atoms with Gasteiger partial charge in [0.15, 0.2) is 5.82 Å². The Morgan fingerprint density at radius 3 is 2.52 bits per heavy atom. The third-order valence-corrected chi connectivity index (χ3v) is 3.32. The van der Waals surface area contributed by atoms with Crippen LogP contribution in [0.2, 0.25) is 5.02 Å². The first-order valence-electron chi connectivity index (χ1n) is 6.89. The fourth-order valence-electron chi connectivity index (χ4n) is 2.01. The maximum atomic E-state index is 11.9. The Kier molecular flexibility index (Phi) is 4.44. The highest BCUT2D eigenvalue weighted by Crippen LogP contribution is 2.16. The van der Waals surface area contributed by atoms with E-state index in [1.807, 2.05) is 41.2 Å². The fourth-order valence-corrected chi connectivity index (χ4v) is 2.13. The Labute approximate surface area is 138 Å². The number of pyridine rings is 1. The molecule has 0 saturated carbocycles. The molecule has 0 fully saturated rings. The number of carbonyl (C=O) groups excluding carboxylic acids is 1. The zero-order valence-electron chi connectivity index (χ0n) is 12.0. The molecule has 0 unspecified atom stereocenters. The number of halogens is 1. The molecule has 0 saturated heterocycles. The lowest BCUT2D eigenvalue weighted by molar-refractivity contribution is 0.254. The number of hydrazine groups is 1. The number of rotatable bonds is 4. The Bertz CT molecular complexity index is 786. The van der Waals surface area contributed by atoms with Crippen LogP contribution in [0.25, 0.3) is 5.69 Å². The summed E-state index contributed by atoms with van der Waals surface area (Å²) >= 11 is 5.80. The predicted molar refractivity (Wildman–Crippen MR) is 90.8 cm³/mol. The molecule has 2 aromatic heterocycles. The molecule has 0 aliphatic heterocycles. The lowest BCUT2D eigenvalue weighted by Crippen LogP contribution is -2.34. The maximum Gasteiger partial charge on any atom is 0.337 e. The van der Waals surface area contributed by atoms with Crippen LogP contribution < -0.4 is 16.2 Å². The number of amides is 2. The van der Waals surface area contributed by atoms with Gasteiger partial charge in [-0.1, -0.05) is 11.6 Å². The highest BCUT2D eigenvalue weighted by Gasteiger charge is 2.06. The van der Waals surface area contributed by atoms with Gasteiger partial charge in [0.2, 0.25) is 0 Å². The monoisotopic (exact) mass is 327 g/mol. The molecule has 0 aliphatic carbocycles. The minimum Gasteiger partial charge on any atom is -0.321 e. The van der Waals surface area contributed by atoms with Crippen LogP contribution in [0, 0.1) is 0 Å². The van der Waals surface area contributed by atoms with E-state index in [0.29, 0.717) is 16.5 Å². The second kappa shape index (κ2) is 6.85. The van der Waals surface area contributed by atoms with E-state index >= 15 is 0 Å². The predicted octanol–water partition coefficient (Wildman–Crippen LogP) is 3.67. The largest absolute Gasteiger partial charge is 0.337 e. The second-order valence-corrected chi connectivity index (χ2v) is 5.11. The number of hydrogen-bond donors (Lipinski definition) is 3. The molecule has 116 valence electrons. The van der Waals surface area contributed by atoms with E-state index in [0.717, 1.165) is 5.69 Å². The summed E-state index contributed by atoms with van der Waals surface area (Å²) in [7, 11) is 0. The summed E-state index contributed by atoms with van der Waals surface area (Å²) in [6.07, 6.45) is 5.44. The Hall–Kier alpha value is -2.99. The van der Waals surface area contributed by atoms with Crippen molar-refractivity contribution < 1.29 is 4.79 Å². The number of nitrogens with one attached hydrogen (secondary N) is 3. The van der Waals surface area contributed by atoms with Crippen LogP contribution in [0.4, 0.5) is 16.3 Å². The lowest BCUT2D eigenvalue weighted by Gasteiger charge is -2.13. The van der Waals surface area contributed by atoms with Crippen molar-refractivity contribution in [1.29, 1.82) is 0 Å². The van der Waals surface area contributed by atoms with Gasteiger partial charge in [-0.05, 0) is 48.5 Å². The number of hydrogen-bond acceptors (Lipinski definition) is 3. The van der Waals surface area contributed by atoms with Crippen LogP contribution in [-0.4, -0.2) is 15.6 Å². The van der Waals surface area contributed by atoms with E-state index < -0.39 is 6.03 Å². The minimum absolute atomic E-state index is 0.406. The normalized spacial score (nSPS) is 10.1. The van der Waals surface area contributed by atoms with Crippen LogP contribution in [0.15, 0.2) is 67.1 Å². The van der Waals surface area contributed by atoms with Crippen molar-refractivity contribution in [2.24, 2.45) is 0 Å². The zero-order chi connectivity index (χ0) is 16.1. The summed E-state index contributed by atoms with van der Waals surface area (Å²) in [6.45, 7) is 0. The molecule has 3 aromatic rings. The van der Waals surface area contributed by atoms with Crippen molar-refractivity contribution in [3.8, 4) is 5.69 Å². The van der Waals surface area contributed by atoms with Crippen molar-refractivity contribution in [3.05, 3.63) is 72.1 Å². The van der Waals surface area contributed by atoms with Crippen LogP contribution in [0.1, 0.15) is 0 Å². The Morgan fingerprint density at radius 1 is 1.04 bits per heavy atom. The topological polar surface area (TPSA) is 71.0 Å². The second-order valence-electron chi connectivity index (χ2n) is 4.67. The zero-order valence-corrected chi connectivity index (χ0v) is 12.8. The van der Waals surface area contributed by atoms with Gasteiger partial charge in [-0.25, -0.2) is 15.2 Å². The molecule has 0 spiro atoms. The van der Waals surface area contributed by atoms with Gasteiger partial charge in [0.05, 0.1) is 5.69 Å². The summed E-state index contributed by atoms with van der Waals surface area (Å²) in [5.41, 5.74) is 6.83. The quantitative estimate of drug-likeness (QED) is 0.640. The van der Waals surface area contributed by atoms with Crippen molar-refractivity contribution in [3.63, 3.8) is 0 Å². The number of nitrogens with zero attached hydrogens (tertiary/aromatic N) is 2. The van der Waals surface area contributed by atoms with Crippen molar-refractivity contribution in [1.82, 2.24) is 15.0 Å². The van der Waals surface area contributed by atoms with Gasteiger partial charge in [0.25, 0.3) is 0 Å². The number of aromatic nitrogens is 2. The number of benzene rings is 1. The number of urea groups is 1. The molecule has 7 heteroatoms. The van der Waals surface area contributed by atoms with Crippen LogP contribution >= 0.6 is 11.6 Å². The van der Waals surface area contributed by atoms with E-state index in [1.54, 1.807) is 30.5 Å². The van der Waals surface area contributed by atoms with E-state index in [2.05, 4.69) is 21.2 Å². The smallest absolute Gasteiger partial charge is 0.321 e. The molecule has 2 amide bonds. The molecule has 0 atom stereocenters. The van der Waals surface area contributed by atoms with Gasteiger partial charge in [0, 0.05) is 29.3 Å². The Balaban J connectivity index is 1.64. The fraction of sp³-hybridized carbons (Fsp3) is 0. The van der Waals surface area contributed by atoms with Gasteiger partial charge in [-0.3, -0.25) is 5.43 Å². The summed E-state index contributed by atoms with van der Waals surface area (Å²) in [5.74, 6) is 0.537. The average molecular weight is 328 g/mol. The van der Waals surface area contributed by atoms with Crippen molar-refractivity contribution >= 4 is 29.1 Å². The molecular weight excluding hydrogens is 314 g/mol. The molecule has 1 aromatic carbocycles. The average Bonchev–Trinajstić information content (AvgIpc) is 3.10. The molecule has 6 nitrogen and oxygen atoms in total. The molecule has 3 N–H and O–H groups in total. The Morgan fingerprint density at radius 2 is 1.78 bits per heavy atom. The van der Waals surface area contributed by atoms with Gasteiger partial charge >= 0.3 is 6.03 Å². The summed E-state index contributed by atoms with van der Waals surface area (Å²) < 4.78 is 1.90. The molecule has 3 rings (SSSR count). The number of carbonyl (C=O) groups is 1. The summed E-state index contributed by atoms with van der Waals surface area (Å²) in [4.78, 5) is 16.1. The highest BCUT2D eigenvalue weighted by molar-refractivity contribution is 6.30. The molecule has 0 aliphatic rings. The van der Waals surface area contributed by atoms with E-state index in [9.17, 15) is 4.79 Å². The first-order chi connectivity index (χ1) is 11.2. The first-order valence-corrected chi connectivity index (χ1v) is 7.27. The van der Waals surface area contributed by atoms with E-state index in [4.69, 9.17) is 11.6 Å². The highest BCUT2D eigenvalue weighted by atomic mass is 35.5. The molecule has 0 bridgehead atoms. The maximum absolute atomic E-state index is 11.9. The summed E-state index contributed by atoms with van der Waals surface area (Å²) in [5, 5.41) is 3.30. The van der Waals surface area contributed by atoms with E-state index in [-0.39, 0.29) is 0 Å². The van der Waals surface area contributed by atoms with Gasteiger partial charge < -0.3 is 9.88 Å². The lowest BCUT2D eigenvalue weighted by atomic mass is 10.3. The summed E-state index contributed by atoms with van der Waals surface area (Å²) in [6, 6.07) is 14.0. The standard InChI is InChI=1S/C16H14ClN5O/c17-12-5-7-13(8-6-12)19-16(23)21-20-15-14(4-3-9-18-15)22-10-1-2-11-22/h1-11H,(H,18,20)(H2,19,21,23). The van der Waals surface area contributed by atoms with Gasteiger partial charge in [-0.2, -0.15) is 0 Å². The number of anilines is 2. The third-order valence-electron chi connectivity index (χ3n) is 3.07. The molecule has 23 heavy (non-hydrogen) atoms. The first kappa shape index (κ1) is 14.9. The van der Waals surface area contributed by atoms with Crippen molar-refractivity contribution in [2.75, 3.05) is 10.7 Å². The van der Waals surface area contributed by atoms with E-state index in [1.165, 1.54) is 0 Å². The SMILES string of the molecule is O=C(NNc1ncccc1-n1cccc1)Nc1ccc(Cl)cc1. The van der Waals surface area contributed by atoms with Crippen molar-refractivity contribution in [2.45, 2.75) is 0 Å². The minimum atomic E-state index is -0.406. The third kappa shape index (κ3) is 3.81. The molecule has 0 radical (unpaired) electrons. The molecule has 2 heterocycles. The van der Waals surface area contributed by atoms with Gasteiger partial charge in [-0.15, -0.1) is 0 Å².